The summed E-state index contributed by atoms with van der Waals surface area (Å²) in [7, 11) is 0. The average molecular weight is 154 g/mol. The third-order valence-corrected chi connectivity index (χ3v) is 3.77. The van der Waals surface area contributed by atoms with Crippen LogP contribution in [-0.4, -0.2) is 0 Å². The van der Waals surface area contributed by atoms with Crippen molar-refractivity contribution in [2.45, 2.75) is 53.4 Å². The molecule has 1 aliphatic rings. The van der Waals surface area contributed by atoms with E-state index >= 15 is 0 Å². The molecule has 1 saturated carbocycles. The molecule has 0 bridgehead atoms. The van der Waals surface area contributed by atoms with Gasteiger partial charge in [-0.25, -0.2) is 0 Å². The maximum Gasteiger partial charge on any atom is -0.0266 e. The van der Waals surface area contributed by atoms with Crippen LogP contribution in [0.2, 0.25) is 0 Å². The van der Waals surface area contributed by atoms with Gasteiger partial charge in [-0.3, -0.25) is 0 Å². The second-order valence-corrected chi connectivity index (χ2v) is 4.44. The predicted molar refractivity (Wildman–Crippen MR) is 50.6 cm³/mol. The van der Waals surface area contributed by atoms with Crippen LogP contribution < -0.4 is 0 Å². The Morgan fingerprint density at radius 1 is 1.18 bits per heavy atom. The van der Waals surface area contributed by atoms with Gasteiger partial charge in [0.05, 0.1) is 0 Å². The van der Waals surface area contributed by atoms with Crippen molar-refractivity contribution in [2.24, 2.45) is 17.3 Å². The van der Waals surface area contributed by atoms with Crippen LogP contribution >= 0.6 is 0 Å². The van der Waals surface area contributed by atoms with Crippen LogP contribution in [0.15, 0.2) is 0 Å². The Kier molecular flexibility index (Phi) is 2.61. The first-order chi connectivity index (χ1) is 5.16. The lowest BCUT2D eigenvalue weighted by Gasteiger charge is -2.08. The highest BCUT2D eigenvalue weighted by Gasteiger charge is 2.55. The third kappa shape index (κ3) is 1.45. The van der Waals surface area contributed by atoms with Gasteiger partial charge in [-0.2, -0.15) is 0 Å². The van der Waals surface area contributed by atoms with E-state index in [1.807, 2.05) is 0 Å². The standard InChI is InChI=1S/C11H22/c1-5-7-10-9(3)11(10,4)8-6-2/h9-10H,5-8H2,1-4H3. The van der Waals surface area contributed by atoms with Crippen LogP contribution in [-0.2, 0) is 0 Å². The highest BCUT2D eigenvalue weighted by atomic mass is 14.6. The highest BCUT2D eigenvalue weighted by molar-refractivity contribution is 5.04. The summed E-state index contributed by atoms with van der Waals surface area (Å²) in [6.45, 7) is 9.51. The zero-order chi connectivity index (χ0) is 8.48. The van der Waals surface area contributed by atoms with E-state index in [0.29, 0.717) is 0 Å². The van der Waals surface area contributed by atoms with Gasteiger partial charge in [0.25, 0.3) is 0 Å². The molecule has 0 heteroatoms. The van der Waals surface area contributed by atoms with E-state index in [1.54, 1.807) is 0 Å². The molecule has 0 aliphatic heterocycles. The zero-order valence-electron chi connectivity index (χ0n) is 8.48. The third-order valence-electron chi connectivity index (χ3n) is 3.77. The molecule has 0 N–H and O–H groups in total. The topological polar surface area (TPSA) is 0 Å². The van der Waals surface area contributed by atoms with Gasteiger partial charge in [0.1, 0.15) is 0 Å². The minimum absolute atomic E-state index is 0.727. The minimum atomic E-state index is 0.727. The Morgan fingerprint density at radius 2 is 1.82 bits per heavy atom. The summed E-state index contributed by atoms with van der Waals surface area (Å²) >= 11 is 0. The summed E-state index contributed by atoms with van der Waals surface area (Å²) in [6.07, 6.45) is 5.63. The van der Waals surface area contributed by atoms with Crippen molar-refractivity contribution in [3.05, 3.63) is 0 Å². The van der Waals surface area contributed by atoms with Crippen molar-refractivity contribution in [3.63, 3.8) is 0 Å². The number of rotatable bonds is 4. The fourth-order valence-electron chi connectivity index (χ4n) is 2.75. The number of hydrogen-bond acceptors (Lipinski definition) is 0. The van der Waals surface area contributed by atoms with E-state index in [2.05, 4.69) is 27.7 Å². The monoisotopic (exact) mass is 154 g/mol. The maximum absolute atomic E-state index is 2.47. The molecule has 0 spiro atoms. The fourth-order valence-corrected chi connectivity index (χ4v) is 2.75. The quantitative estimate of drug-likeness (QED) is 0.577. The highest BCUT2D eigenvalue weighted by Crippen LogP contribution is 2.62. The molecule has 0 aromatic carbocycles. The van der Waals surface area contributed by atoms with Gasteiger partial charge in [0.2, 0.25) is 0 Å². The molecule has 0 heterocycles. The Labute approximate surface area is 71.4 Å². The molecule has 1 fully saturated rings. The van der Waals surface area contributed by atoms with E-state index in [1.165, 1.54) is 25.7 Å². The summed E-state index contributed by atoms with van der Waals surface area (Å²) in [6, 6.07) is 0. The zero-order valence-corrected chi connectivity index (χ0v) is 8.48. The van der Waals surface area contributed by atoms with E-state index in [-0.39, 0.29) is 0 Å². The number of hydrogen-bond donors (Lipinski definition) is 0. The van der Waals surface area contributed by atoms with E-state index in [9.17, 15) is 0 Å². The Bertz CT molecular complexity index is 128. The van der Waals surface area contributed by atoms with Crippen LogP contribution in [0.5, 0.6) is 0 Å². The molecule has 0 radical (unpaired) electrons. The second-order valence-electron chi connectivity index (χ2n) is 4.44. The Morgan fingerprint density at radius 3 is 2.27 bits per heavy atom. The molecule has 0 saturated heterocycles. The fraction of sp³-hybridized carbons (Fsp3) is 1.00. The van der Waals surface area contributed by atoms with Crippen molar-refractivity contribution in [2.75, 3.05) is 0 Å². The average Bonchev–Trinajstić information content (AvgIpc) is 2.43. The first kappa shape index (κ1) is 9.09. The molecule has 0 amide bonds. The SMILES string of the molecule is CCCC1C(C)C1(C)CCC. The second kappa shape index (κ2) is 3.16. The maximum atomic E-state index is 2.47. The Balaban J connectivity index is 2.37. The van der Waals surface area contributed by atoms with Crippen LogP contribution in [0, 0.1) is 17.3 Å². The van der Waals surface area contributed by atoms with Crippen LogP contribution in [0.25, 0.3) is 0 Å². The van der Waals surface area contributed by atoms with Crippen molar-refractivity contribution in [3.8, 4) is 0 Å². The van der Waals surface area contributed by atoms with Gasteiger partial charge < -0.3 is 0 Å². The molecule has 3 atom stereocenters. The van der Waals surface area contributed by atoms with Crippen molar-refractivity contribution < 1.29 is 0 Å². The van der Waals surface area contributed by atoms with Gasteiger partial charge in [0.15, 0.2) is 0 Å². The van der Waals surface area contributed by atoms with E-state index in [4.69, 9.17) is 0 Å². The lowest BCUT2D eigenvalue weighted by atomic mass is 9.97. The van der Waals surface area contributed by atoms with Gasteiger partial charge in [-0.15, -0.1) is 0 Å². The smallest absolute Gasteiger partial charge is 0.0266 e. The summed E-state index contributed by atoms with van der Waals surface area (Å²) in [5.41, 5.74) is 0.727. The molecule has 66 valence electrons. The van der Waals surface area contributed by atoms with Crippen LogP contribution in [0.3, 0.4) is 0 Å². The molecule has 0 aromatic rings. The lowest BCUT2D eigenvalue weighted by Crippen LogP contribution is -1.97. The molecular weight excluding hydrogens is 132 g/mol. The molecule has 11 heavy (non-hydrogen) atoms. The molecule has 0 aromatic heterocycles. The van der Waals surface area contributed by atoms with Crippen LogP contribution in [0.4, 0.5) is 0 Å². The summed E-state index contributed by atoms with van der Waals surface area (Å²) in [4.78, 5) is 0. The molecule has 1 rings (SSSR count). The molecule has 3 unspecified atom stereocenters. The van der Waals surface area contributed by atoms with Crippen LogP contribution in [0.1, 0.15) is 53.4 Å². The summed E-state index contributed by atoms with van der Waals surface area (Å²) in [5, 5.41) is 0. The molecule has 1 aliphatic carbocycles. The Hall–Kier alpha value is 0. The predicted octanol–water partition coefficient (Wildman–Crippen LogP) is 3.86. The van der Waals surface area contributed by atoms with Gasteiger partial charge in [-0.1, -0.05) is 40.5 Å². The summed E-state index contributed by atoms with van der Waals surface area (Å²) < 4.78 is 0. The van der Waals surface area contributed by atoms with E-state index in [0.717, 1.165) is 17.3 Å². The largest absolute Gasteiger partial charge is 0.0654 e. The van der Waals surface area contributed by atoms with E-state index < -0.39 is 0 Å². The van der Waals surface area contributed by atoms with Gasteiger partial charge >= 0.3 is 0 Å². The first-order valence-corrected chi connectivity index (χ1v) is 5.16. The molecular formula is C11H22. The van der Waals surface area contributed by atoms with Crippen molar-refractivity contribution in [1.29, 1.82) is 0 Å². The van der Waals surface area contributed by atoms with Gasteiger partial charge in [0, 0.05) is 0 Å². The van der Waals surface area contributed by atoms with Crippen molar-refractivity contribution >= 4 is 0 Å². The first-order valence-electron chi connectivity index (χ1n) is 5.16. The lowest BCUT2D eigenvalue weighted by molar-refractivity contribution is 0.428. The minimum Gasteiger partial charge on any atom is -0.0654 e. The molecule has 0 nitrogen and oxygen atoms in total. The normalized spacial score (nSPS) is 42.5. The summed E-state index contributed by atoms with van der Waals surface area (Å²) in [5.74, 6) is 2.05. The van der Waals surface area contributed by atoms with Crippen molar-refractivity contribution in [1.82, 2.24) is 0 Å². The van der Waals surface area contributed by atoms with Gasteiger partial charge in [-0.05, 0) is 30.1 Å².